The van der Waals surface area contributed by atoms with Crippen LogP contribution in [0.25, 0.3) is 0 Å². The van der Waals surface area contributed by atoms with Gasteiger partial charge < -0.3 is 14.8 Å². The normalized spacial score (nSPS) is 22.3. The van der Waals surface area contributed by atoms with Gasteiger partial charge >= 0.3 is 5.97 Å². The van der Waals surface area contributed by atoms with E-state index in [-0.39, 0.29) is 12.0 Å². The SMILES string of the molecule is C=CCOc1ccc([C@@H]2Nc3c(C(=O)OC)cccc3[C@@H]3C=CC[C@@H]32)cc1. The predicted octanol–water partition coefficient (Wildman–Crippen LogP) is 4.86. The smallest absolute Gasteiger partial charge is 0.339 e. The van der Waals surface area contributed by atoms with Gasteiger partial charge in [-0.2, -0.15) is 0 Å². The van der Waals surface area contributed by atoms with Crippen molar-refractivity contribution < 1.29 is 14.3 Å². The standard InChI is InChI=1S/C23H23NO3/c1-3-14-27-16-12-10-15(11-13-16)21-18-7-4-6-17(18)19-8-5-9-20(22(19)24-21)23(25)26-2/h3-6,8-13,17-18,21,24H,1,7,14H2,2H3/t17-,18+,21+/m1/s1. The van der Waals surface area contributed by atoms with E-state index in [1.165, 1.54) is 18.2 Å². The van der Waals surface area contributed by atoms with Crippen LogP contribution in [-0.2, 0) is 4.74 Å². The van der Waals surface area contributed by atoms with E-state index in [0.29, 0.717) is 24.0 Å². The number of para-hydroxylation sites is 1. The highest BCUT2D eigenvalue weighted by molar-refractivity contribution is 5.97. The molecule has 0 spiro atoms. The van der Waals surface area contributed by atoms with Crippen LogP contribution in [0.4, 0.5) is 5.69 Å². The van der Waals surface area contributed by atoms with Gasteiger partial charge in [-0.05, 0) is 41.7 Å². The van der Waals surface area contributed by atoms with E-state index in [4.69, 9.17) is 9.47 Å². The molecule has 2 aromatic rings. The van der Waals surface area contributed by atoms with Crippen molar-refractivity contribution in [3.63, 3.8) is 0 Å². The van der Waals surface area contributed by atoms with Crippen LogP contribution >= 0.6 is 0 Å². The number of hydrogen-bond donors (Lipinski definition) is 1. The Balaban J connectivity index is 1.70. The number of nitrogens with one attached hydrogen (secondary N) is 1. The van der Waals surface area contributed by atoms with Gasteiger partial charge in [0.15, 0.2) is 0 Å². The number of methoxy groups -OCH3 is 1. The van der Waals surface area contributed by atoms with Gasteiger partial charge in [0.25, 0.3) is 0 Å². The van der Waals surface area contributed by atoms with Gasteiger partial charge in [0.1, 0.15) is 12.4 Å². The summed E-state index contributed by atoms with van der Waals surface area (Å²) in [4.78, 5) is 12.3. The Kier molecular flexibility index (Phi) is 4.71. The van der Waals surface area contributed by atoms with Gasteiger partial charge in [-0.25, -0.2) is 4.79 Å². The first-order valence-electron chi connectivity index (χ1n) is 9.21. The largest absolute Gasteiger partial charge is 0.490 e. The summed E-state index contributed by atoms with van der Waals surface area (Å²) in [6.07, 6.45) is 7.25. The zero-order valence-electron chi connectivity index (χ0n) is 15.4. The first kappa shape index (κ1) is 17.4. The molecule has 0 aromatic heterocycles. The highest BCUT2D eigenvalue weighted by atomic mass is 16.5. The molecule has 4 nitrogen and oxygen atoms in total. The van der Waals surface area contributed by atoms with Gasteiger partial charge in [0.2, 0.25) is 0 Å². The molecule has 1 heterocycles. The van der Waals surface area contributed by atoms with Crippen LogP contribution < -0.4 is 10.1 Å². The van der Waals surface area contributed by atoms with Crippen molar-refractivity contribution in [2.24, 2.45) is 5.92 Å². The molecule has 1 aliphatic carbocycles. The molecule has 2 aliphatic rings. The van der Waals surface area contributed by atoms with Crippen LogP contribution in [0.3, 0.4) is 0 Å². The zero-order chi connectivity index (χ0) is 18.8. The van der Waals surface area contributed by atoms with Gasteiger partial charge in [0.05, 0.1) is 24.4 Å². The quantitative estimate of drug-likeness (QED) is 0.610. The molecule has 0 bridgehead atoms. The third-order valence-corrected chi connectivity index (χ3v) is 5.41. The second-order valence-electron chi connectivity index (χ2n) is 6.91. The maximum atomic E-state index is 12.3. The lowest BCUT2D eigenvalue weighted by Crippen LogP contribution is -2.30. The summed E-state index contributed by atoms with van der Waals surface area (Å²) in [5.41, 5.74) is 3.82. The first-order chi connectivity index (χ1) is 13.2. The molecule has 0 radical (unpaired) electrons. The van der Waals surface area contributed by atoms with Crippen molar-refractivity contribution in [2.45, 2.75) is 18.4 Å². The Morgan fingerprint density at radius 2 is 2.07 bits per heavy atom. The van der Waals surface area contributed by atoms with Gasteiger partial charge in [0, 0.05) is 5.92 Å². The summed E-state index contributed by atoms with van der Waals surface area (Å²) in [6.45, 7) is 4.17. The highest BCUT2D eigenvalue weighted by Gasteiger charge is 2.39. The molecule has 1 N–H and O–H groups in total. The molecule has 138 valence electrons. The third-order valence-electron chi connectivity index (χ3n) is 5.41. The fourth-order valence-electron chi connectivity index (χ4n) is 4.16. The zero-order valence-corrected chi connectivity index (χ0v) is 15.4. The van der Waals surface area contributed by atoms with Crippen LogP contribution in [0.15, 0.2) is 67.3 Å². The number of carbonyl (C=O) groups is 1. The summed E-state index contributed by atoms with van der Waals surface area (Å²) in [5.74, 6) is 1.23. The number of rotatable bonds is 5. The maximum Gasteiger partial charge on any atom is 0.339 e. The van der Waals surface area contributed by atoms with E-state index in [0.717, 1.165) is 17.9 Å². The molecule has 0 saturated carbocycles. The molecule has 0 amide bonds. The lowest BCUT2D eigenvalue weighted by molar-refractivity contribution is 0.0601. The number of allylic oxidation sites excluding steroid dienone is 2. The molecular formula is C23H23NO3. The molecule has 27 heavy (non-hydrogen) atoms. The number of esters is 1. The van der Waals surface area contributed by atoms with E-state index in [9.17, 15) is 4.79 Å². The number of carbonyl (C=O) groups excluding carboxylic acids is 1. The average molecular weight is 361 g/mol. The monoisotopic (exact) mass is 361 g/mol. The number of anilines is 1. The van der Waals surface area contributed by atoms with Crippen molar-refractivity contribution in [1.82, 2.24) is 0 Å². The molecule has 1 aliphatic heterocycles. The van der Waals surface area contributed by atoms with E-state index in [1.807, 2.05) is 24.3 Å². The molecule has 4 heteroatoms. The van der Waals surface area contributed by atoms with E-state index >= 15 is 0 Å². The average Bonchev–Trinajstić information content (AvgIpc) is 3.21. The van der Waals surface area contributed by atoms with E-state index < -0.39 is 0 Å². The fourth-order valence-corrected chi connectivity index (χ4v) is 4.16. The molecule has 0 saturated heterocycles. The summed E-state index contributed by atoms with van der Waals surface area (Å²) in [7, 11) is 1.42. The summed E-state index contributed by atoms with van der Waals surface area (Å²) in [5, 5.41) is 3.63. The molecular weight excluding hydrogens is 338 g/mol. The maximum absolute atomic E-state index is 12.3. The van der Waals surface area contributed by atoms with E-state index in [2.05, 4.69) is 42.2 Å². The Labute approximate surface area is 159 Å². The van der Waals surface area contributed by atoms with Crippen molar-refractivity contribution >= 4 is 11.7 Å². The third kappa shape index (κ3) is 3.12. The Morgan fingerprint density at radius 1 is 1.26 bits per heavy atom. The Bertz CT molecular complexity index is 885. The van der Waals surface area contributed by atoms with Crippen molar-refractivity contribution in [1.29, 1.82) is 0 Å². The van der Waals surface area contributed by atoms with Crippen LogP contribution in [-0.4, -0.2) is 19.7 Å². The van der Waals surface area contributed by atoms with Crippen molar-refractivity contribution in [3.05, 3.63) is 84.0 Å². The van der Waals surface area contributed by atoms with Gasteiger partial charge in [-0.1, -0.05) is 49.1 Å². The molecule has 0 unspecified atom stereocenters. The number of fused-ring (bicyclic) bond motifs is 3. The number of ether oxygens (including phenoxy) is 2. The second kappa shape index (κ2) is 7.31. The molecule has 3 atom stereocenters. The van der Waals surface area contributed by atoms with Crippen LogP contribution in [0.2, 0.25) is 0 Å². The lowest BCUT2D eigenvalue weighted by atomic mass is 9.76. The minimum atomic E-state index is -0.313. The molecule has 4 rings (SSSR count). The minimum Gasteiger partial charge on any atom is -0.490 e. The summed E-state index contributed by atoms with van der Waals surface area (Å²) >= 11 is 0. The minimum absolute atomic E-state index is 0.122. The fraction of sp³-hybridized carbons (Fsp3) is 0.261. The Hall–Kier alpha value is -3.01. The van der Waals surface area contributed by atoms with Crippen molar-refractivity contribution in [2.75, 3.05) is 19.0 Å². The predicted molar refractivity (Wildman–Crippen MR) is 106 cm³/mol. The number of hydrogen-bond acceptors (Lipinski definition) is 4. The Morgan fingerprint density at radius 3 is 2.81 bits per heavy atom. The van der Waals surface area contributed by atoms with E-state index in [1.54, 1.807) is 6.08 Å². The first-order valence-corrected chi connectivity index (χ1v) is 9.21. The van der Waals surface area contributed by atoms with Crippen LogP contribution in [0.1, 0.15) is 39.9 Å². The topological polar surface area (TPSA) is 47.6 Å². The summed E-state index contributed by atoms with van der Waals surface area (Å²) in [6, 6.07) is 14.1. The molecule has 0 fully saturated rings. The second-order valence-corrected chi connectivity index (χ2v) is 6.91. The van der Waals surface area contributed by atoms with Gasteiger partial charge in [-0.15, -0.1) is 0 Å². The lowest BCUT2D eigenvalue weighted by Gasteiger charge is -2.38. The van der Waals surface area contributed by atoms with Crippen LogP contribution in [0, 0.1) is 5.92 Å². The molecule has 2 aromatic carbocycles. The van der Waals surface area contributed by atoms with Crippen molar-refractivity contribution in [3.8, 4) is 5.75 Å². The van der Waals surface area contributed by atoms with Crippen LogP contribution in [0.5, 0.6) is 5.75 Å². The summed E-state index contributed by atoms with van der Waals surface area (Å²) < 4.78 is 10.6. The highest BCUT2D eigenvalue weighted by Crippen LogP contribution is 2.50. The number of benzene rings is 2. The van der Waals surface area contributed by atoms with Gasteiger partial charge in [-0.3, -0.25) is 0 Å².